The second kappa shape index (κ2) is 6.31. The van der Waals surface area contributed by atoms with Gasteiger partial charge in [0.15, 0.2) is 0 Å². The van der Waals surface area contributed by atoms with Gasteiger partial charge >= 0.3 is 0 Å². The van der Waals surface area contributed by atoms with Crippen molar-refractivity contribution in [2.45, 2.75) is 26.8 Å². The van der Waals surface area contributed by atoms with Gasteiger partial charge in [0.05, 0.1) is 5.52 Å². The van der Waals surface area contributed by atoms with Gasteiger partial charge in [-0.1, -0.05) is 46.6 Å². The monoisotopic (exact) mass is 318 g/mol. The molecular weight excluding hydrogens is 300 g/mol. The van der Waals surface area contributed by atoms with Crippen molar-refractivity contribution in [2.75, 3.05) is 6.54 Å². The molecule has 0 aliphatic carbocycles. The van der Waals surface area contributed by atoms with Crippen LogP contribution >= 0.6 is 15.9 Å². The molecule has 0 bridgehead atoms. The van der Waals surface area contributed by atoms with Crippen molar-refractivity contribution in [1.82, 2.24) is 10.3 Å². The Labute approximate surface area is 123 Å². The maximum absolute atomic E-state index is 4.51. The Hall–Kier alpha value is -1.19. The summed E-state index contributed by atoms with van der Waals surface area (Å²) in [5.74, 6) is 0. The van der Waals surface area contributed by atoms with E-state index >= 15 is 0 Å². The highest BCUT2D eigenvalue weighted by Gasteiger charge is 2.06. The molecule has 0 saturated carbocycles. The van der Waals surface area contributed by atoms with Gasteiger partial charge in [-0.05, 0) is 32.5 Å². The van der Waals surface area contributed by atoms with E-state index in [0.29, 0.717) is 6.04 Å². The smallest absolute Gasteiger partial charge is 0.0785 e. The molecule has 0 saturated heterocycles. The molecule has 2 aromatic rings. The van der Waals surface area contributed by atoms with Crippen LogP contribution in [-0.4, -0.2) is 17.6 Å². The number of aromatic nitrogens is 1. The summed E-state index contributed by atoms with van der Waals surface area (Å²) in [7, 11) is 0. The van der Waals surface area contributed by atoms with Crippen LogP contribution in [0.1, 0.15) is 26.3 Å². The number of hydrogen-bond acceptors (Lipinski definition) is 2. The van der Waals surface area contributed by atoms with Gasteiger partial charge in [-0.25, -0.2) is 0 Å². The Kier molecular flexibility index (Phi) is 4.72. The minimum Gasteiger partial charge on any atom is -0.311 e. The van der Waals surface area contributed by atoms with E-state index in [1.165, 1.54) is 11.1 Å². The molecule has 1 atom stereocenters. The number of nitrogens with one attached hydrogen (secondary N) is 1. The molecule has 2 nitrogen and oxygen atoms in total. The summed E-state index contributed by atoms with van der Waals surface area (Å²) in [4.78, 5) is 4.51. The van der Waals surface area contributed by atoms with Gasteiger partial charge in [0.25, 0.3) is 0 Å². The van der Waals surface area contributed by atoms with E-state index in [2.05, 4.69) is 71.3 Å². The van der Waals surface area contributed by atoms with Crippen LogP contribution in [0.25, 0.3) is 17.0 Å². The number of nitrogens with zero attached hydrogens (tertiary/aromatic N) is 1. The second-order valence-electron chi connectivity index (χ2n) is 4.70. The Bertz CT molecular complexity index is 605. The highest BCUT2D eigenvalue weighted by molar-refractivity contribution is 9.10. The second-order valence-corrected chi connectivity index (χ2v) is 5.56. The van der Waals surface area contributed by atoms with Crippen molar-refractivity contribution >= 4 is 32.9 Å². The van der Waals surface area contributed by atoms with Crippen molar-refractivity contribution in [2.24, 2.45) is 0 Å². The van der Waals surface area contributed by atoms with Crippen LogP contribution in [0.3, 0.4) is 0 Å². The van der Waals surface area contributed by atoms with E-state index in [1.807, 2.05) is 12.3 Å². The van der Waals surface area contributed by atoms with Crippen LogP contribution in [-0.2, 0) is 0 Å². The molecule has 1 aromatic carbocycles. The lowest BCUT2D eigenvalue weighted by Crippen LogP contribution is -2.26. The molecule has 3 heteroatoms. The number of rotatable bonds is 4. The molecule has 19 heavy (non-hydrogen) atoms. The molecule has 0 aliphatic rings. The standard InChI is InChI=1S/C16H19BrN2/c1-4-18-12(3)11(2)10-13-7-8-15(17)14-6-5-9-19-16(13)14/h5-10,12,18H,4H2,1-3H3/b11-10+. The molecule has 0 radical (unpaired) electrons. The summed E-state index contributed by atoms with van der Waals surface area (Å²) in [6, 6.07) is 8.64. The molecule has 0 spiro atoms. The van der Waals surface area contributed by atoms with Crippen molar-refractivity contribution in [3.8, 4) is 0 Å². The van der Waals surface area contributed by atoms with E-state index in [-0.39, 0.29) is 0 Å². The van der Waals surface area contributed by atoms with Crippen molar-refractivity contribution in [3.63, 3.8) is 0 Å². The number of halogens is 1. The quantitative estimate of drug-likeness (QED) is 0.903. The van der Waals surface area contributed by atoms with Gasteiger partial charge in [-0.15, -0.1) is 0 Å². The van der Waals surface area contributed by atoms with Gasteiger partial charge in [0, 0.05) is 27.7 Å². The average molecular weight is 319 g/mol. The molecule has 0 aliphatic heterocycles. The van der Waals surface area contributed by atoms with Gasteiger partial charge in [0.2, 0.25) is 0 Å². The van der Waals surface area contributed by atoms with Crippen LogP contribution in [0.15, 0.2) is 40.5 Å². The zero-order chi connectivity index (χ0) is 13.8. The summed E-state index contributed by atoms with van der Waals surface area (Å²) in [5, 5.41) is 4.58. The molecule has 1 unspecified atom stereocenters. The highest BCUT2D eigenvalue weighted by atomic mass is 79.9. The first-order valence-electron chi connectivity index (χ1n) is 6.58. The Morgan fingerprint density at radius 2 is 2.21 bits per heavy atom. The van der Waals surface area contributed by atoms with Crippen molar-refractivity contribution in [3.05, 3.63) is 46.1 Å². The first-order valence-corrected chi connectivity index (χ1v) is 7.37. The zero-order valence-electron chi connectivity index (χ0n) is 11.6. The lowest BCUT2D eigenvalue weighted by Gasteiger charge is -2.13. The Morgan fingerprint density at radius 1 is 1.42 bits per heavy atom. The number of benzene rings is 1. The van der Waals surface area contributed by atoms with E-state index in [9.17, 15) is 0 Å². The highest BCUT2D eigenvalue weighted by Crippen LogP contribution is 2.26. The van der Waals surface area contributed by atoms with Crippen LogP contribution in [0.2, 0.25) is 0 Å². The van der Waals surface area contributed by atoms with Gasteiger partial charge < -0.3 is 5.32 Å². The number of likely N-dealkylation sites (N-methyl/N-ethyl adjacent to an activating group) is 1. The molecular formula is C16H19BrN2. The minimum atomic E-state index is 0.382. The minimum absolute atomic E-state index is 0.382. The lowest BCUT2D eigenvalue weighted by atomic mass is 10.0. The van der Waals surface area contributed by atoms with Crippen LogP contribution < -0.4 is 5.32 Å². The first-order chi connectivity index (χ1) is 9.13. The third kappa shape index (κ3) is 3.23. The normalized spacial score (nSPS) is 13.8. The summed E-state index contributed by atoms with van der Waals surface area (Å²) in [5.41, 5.74) is 3.53. The molecule has 1 aromatic heterocycles. The summed E-state index contributed by atoms with van der Waals surface area (Å²) in [6.07, 6.45) is 4.06. The molecule has 0 fully saturated rings. The molecule has 2 rings (SSSR count). The Balaban J connectivity index is 2.46. The maximum Gasteiger partial charge on any atom is 0.0785 e. The average Bonchev–Trinajstić information content (AvgIpc) is 2.42. The lowest BCUT2D eigenvalue weighted by molar-refractivity contribution is 0.636. The fourth-order valence-corrected chi connectivity index (χ4v) is 2.57. The summed E-state index contributed by atoms with van der Waals surface area (Å²) in [6.45, 7) is 7.44. The third-order valence-electron chi connectivity index (χ3n) is 3.32. The van der Waals surface area contributed by atoms with Crippen LogP contribution in [0.5, 0.6) is 0 Å². The van der Waals surface area contributed by atoms with Gasteiger partial charge in [-0.3, -0.25) is 4.98 Å². The third-order valence-corrected chi connectivity index (χ3v) is 4.02. The Morgan fingerprint density at radius 3 is 2.95 bits per heavy atom. The van der Waals surface area contributed by atoms with E-state index in [1.54, 1.807) is 0 Å². The SMILES string of the molecule is CCNC(C)/C(C)=C/c1ccc(Br)c2cccnc12. The van der Waals surface area contributed by atoms with Crippen molar-refractivity contribution < 1.29 is 0 Å². The fraction of sp³-hybridized carbons (Fsp3) is 0.312. The largest absolute Gasteiger partial charge is 0.311 e. The first kappa shape index (κ1) is 14.2. The maximum atomic E-state index is 4.51. The van der Waals surface area contributed by atoms with E-state index < -0.39 is 0 Å². The number of fused-ring (bicyclic) bond motifs is 1. The zero-order valence-corrected chi connectivity index (χ0v) is 13.2. The van der Waals surface area contributed by atoms with Gasteiger partial charge in [-0.2, -0.15) is 0 Å². The topological polar surface area (TPSA) is 24.9 Å². The molecule has 0 amide bonds. The number of pyridine rings is 1. The summed E-state index contributed by atoms with van der Waals surface area (Å²) < 4.78 is 1.09. The van der Waals surface area contributed by atoms with Gasteiger partial charge in [0.1, 0.15) is 0 Å². The number of hydrogen-bond donors (Lipinski definition) is 1. The van der Waals surface area contributed by atoms with Crippen LogP contribution in [0.4, 0.5) is 0 Å². The van der Waals surface area contributed by atoms with Crippen molar-refractivity contribution in [1.29, 1.82) is 0 Å². The fourth-order valence-electron chi connectivity index (χ4n) is 2.11. The molecule has 100 valence electrons. The predicted molar refractivity (Wildman–Crippen MR) is 86.2 cm³/mol. The van der Waals surface area contributed by atoms with E-state index in [4.69, 9.17) is 0 Å². The predicted octanol–water partition coefficient (Wildman–Crippen LogP) is 4.40. The van der Waals surface area contributed by atoms with E-state index in [0.717, 1.165) is 21.9 Å². The van der Waals surface area contributed by atoms with Crippen LogP contribution in [0, 0.1) is 0 Å². The molecule has 1 heterocycles. The summed E-state index contributed by atoms with van der Waals surface area (Å²) >= 11 is 3.58. The molecule has 1 N–H and O–H groups in total.